The summed E-state index contributed by atoms with van der Waals surface area (Å²) in [5.41, 5.74) is 2.98. The summed E-state index contributed by atoms with van der Waals surface area (Å²) in [6.07, 6.45) is -0.160. The molecule has 0 saturated carbocycles. The molecule has 2 heterocycles. The summed E-state index contributed by atoms with van der Waals surface area (Å²) in [5.74, 6) is 2.77. The lowest BCUT2D eigenvalue weighted by Crippen LogP contribution is -2.23. The average Bonchev–Trinajstić information content (AvgIpc) is 3.19. The molecule has 5 heteroatoms. The summed E-state index contributed by atoms with van der Waals surface area (Å²) in [6, 6.07) is 23.6. The molecule has 0 amide bonds. The van der Waals surface area contributed by atoms with E-state index in [1.807, 2.05) is 42.5 Å². The van der Waals surface area contributed by atoms with Crippen molar-refractivity contribution in [2.75, 3.05) is 13.7 Å². The number of benzene rings is 4. The van der Waals surface area contributed by atoms with Crippen LogP contribution in [0.2, 0.25) is 0 Å². The van der Waals surface area contributed by atoms with Crippen molar-refractivity contribution in [3.05, 3.63) is 89.5 Å². The zero-order valence-electron chi connectivity index (χ0n) is 17.6. The average molecular weight is 426 g/mol. The van der Waals surface area contributed by atoms with Gasteiger partial charge in [0.1, 0.15) is 30.0 Å². The fourth-order valence-electron chi connectivity index (χ4n) is 4.67. The lowest BCUT2D eigenvalue weighted by atomic mass is 9.89. The standard InChI is InChI=1S/C27H22O5/c1-29-18-9-10-20-24(11-18)31-15-22-21-12-23(28)26(13-25(21)32-27(20)22)30-14-17-7-4-6-16-5-2-3-8-19(16)17/h2-13,22,27-28H,14-15H2,1H3/t22-,27-/m1/s1. The Morgan fingerprint density at radius 2 is 1.81 bits per heavy atom. The Labute approximate surface area is 185 Å². The van der Waals surface area contributed by atoms with Crippen LogP contribution in [0.5, 0.6) is 28.7 Å². The van der Waals surface area contributed by atoms with E-state index < -0.39 is 0 Å². The monoisotopic (exact) mass is 426 g/mol. The molecule has 2 aliphatic rings. The maximum absolute atomic E-state index is 10.7. The molecule has 0 fully saturated rings. The molecule has 0 unspecified atom stereocenters. The first-order valence-electron chi connectivity index (χ1n) is 10.6. The van der Waals surface area contributed by atoms with E-state index in [1.54, 1.807) is 19.2 Å². The SMILES string of the molecule is COc1ccc2c(c1)OC[C@@H]1c3cc(O)c(OCc4cccc5ccccc45)cc3O[C@H]21. The third-order valence-electron chi connectivity index (χ3n) is 6.32. The fourth-order valence-corrected chi connectivity index (χ4v) is 4.67. The highest BCUT2D eigenvalue weighted by molar-refractivity contribution is 5.85. The van der Waals surface area contributed by atoms with Gasteiger partial charge in [-0.25, -0.2) is 0 Å². The number of rotatable bonds is 4. The molecule has 2 aliphatic heterocycles. The van der Waals surface area contributed by atoms with Crippen LogP contribution in [-0.2, 0) is 6.61 Å². The molecule has 2 atom stereocenters. The smallest absolute Gasteiger partial charge is 0.165 e. The Hall–Kier alpha value is -3.86. The summed E-state index contributed by atoms with van der Waals surface area (Å²) in [6.45, 7) is 0.833. The molecule has 5 nitrogen and oxygen atoms in total. The van der Waals surface area contributed by atoms with Crippen LogP contribution in [0.1, 0.15) is 28.7 Å². The molecule has 0 saturated heterocycles. The van der Waals surface area contributed by atoms with Crippen molar-refractivity contribution in [3.8, 4) is 28.7 Å². The Balaban J connectivity index is 1.28. The largest absolute Gasteiger partial charge is 0.504 e. The Kier molecular flexibility index (Phi) is 4.35. The molecule has 0 radical (unpaired) electrons. The van der Waals surface area contributed by atoms with E-state index in [0.29, 0.717) is 19.0 Å². The van der Waals surface area contributed by atoms with Crippen molar-refractivity contribution in [1.29, 1.82) is 0 Å². The van der Waals surface area contributed by atoms with Crippen molar-refractivity contribution < 1.29 is 24.1 Å². The van der Waals surface area contributed by atoms with E-state index in [-0.39, 0.29) is 17.8 Å². The molecule has 0 aromatic heterocycles. The van der Waals surface area contributed by atoms with Gasteiger partial charge in [-0.3, -0.25) is 0 Å². The van der Waals surface area contributed by atoms with Gasteiger partial charge in [0.2, 0.25) is 0 Å². The number of aromatic hydroxyl groups is 1. The van der Waals surface area contributed by atoms with Crippen molar-refractivity contribution in [3.63, 3.8) is 0 Å². The number of phenols is 1. The number of hydrogen-bond acceptors (Lipinski definition) is 5. The highest BCUT2D eigenvalue weighted by atomic mass is 16.5. The van der Waals surface area contributed by atoms with Gasteiger partial charge < -0.3 is 24.1 Å². The summed E-state index contributed by atoms with van der Waals surface area (Å²) in [7, 11) is 1.64. The lowest BCUT2D eigenvalue weighted by molar-refractivity contribution is 0.139. The highest BCUT2D eigenvalue weighted by Gasteiger charge is 2.41. The van der Waals surface area contributed by atoms with Crippen LogP contribution in [0.4, 0.5) is 0 Å². The first-order valence-corrected chi connectivity index (χ1v) is 10.6. The van der Waals surface area contributed by atoms with Gasteiger partial charge >= 0.3 is 0 Å². The van der Waals surface area contributed by atoms with E-state index >= 15 is 0 Å². The zero-order valence-corrected chi connectivity index (χ0v) is 17.6. The predicted octanol–water partition coefficient (Wildman–Crippen LogP) is 5.74. The van der Waals surface area contributed by atoms with Crippen LogP contribution >= 0.6 is 0 Å². The van der Waals surface area contributed by atoms with Crippen molar-refractivity contribution >= 4 is 10.8 Å². The van der Waals surface area contributed by atoms with Gasteiger partial charge in [-0.2, -0.15) is 0 Å². The van der Waals surface area contributed by atoms with E-state index in [9.17, 15) is 5.11 Å². The third kappa shape index (κ3) is 3.01. The Morgan fingerprint density at radius 3 is 2.72 bits per heavy atom. The summed E-state index contributed by atoms with van der Waals surface area (Å²) < 4.78 is 23.6. The quantitative estimate of drug-likeness (QED) is 0.451. The van der Waals surface area contributed by atoms with Crippen LogP contribution in [-0.4, -0.2) is 18.8 Å². The normalized spacial score (nSPS) is 18.2. The minimum atomic E-state index is -0.160. The molecular formula is C27H22O5. The summed E-state index contributed by atoms with van der Waals surface area (Å²) in [4.78, 5) is 0. The molecule has 6 rings (SSSR count). The van der Waals surface area contributed by atoms with Gasteiger partial charge in [-0.1, -0.05) is 42.5 Å². The first kappa shape index (κ1) is 18.9. The number of fused-ring (bicyclic) bond motifs is 6. The molecule has 32 heavy (non-hydrogen) atoms. The molecule has 0 aliphatic carbocycles. The minimum Gasteiger partial charge on any atom is -0.504 e. The van der Waals surface area contributed by atoms with Gasteiger partial charge in [0.15, 0.2) is 11.5 Å². The van der Waals surface area contributed by atoms with Crippen LogP contribution in [0, 0.1) is 0 Å². The van der Waals surface area contributed by atoms with E-state index in [2.05, 4.69) is 18.2 Å². The topological polar surface area (TPSA) is 57.2 Å². The van der Waals surface area contributed by atoms with Gasteiger partial charge in [0.25, 0.3) is 0 Å². The summed E-state index contributed by atoms with van der Waals surface area (Å²) in [5, 5.41) is 13.0. The second kappa shape index (κ2) is 7.38. The summed E-state index contributed by atoms with van der Waals surface area (Å²) >= 11 is 0. The molecule has 0 spiro atoms. The number of methoxy groups -OCH3 is 1. The molecule has 4 aromatic rings. The van der Waals surface area contributed by atoms with Crippen LogP contribution in [0.15, 0.2) is 72.8 Å². The molecule has 0 bridgehead atoms. The second-order valence-electron chi connectivity index (χ2n) is 8.14. The van der Waals surface area contributed by atoms with Crippen molar-refractivity contribution in [2.24, 2.45) is 0 Å². The van der Waals surface area contributed by atoms with E-state index in [0.717, 1.165) is 44.7 Å². The second-order valence-corrected chi connectivity index (χ2v) is 8.14. The van der Waals surface area contributed by atoms with Gasteiger partial charge in [0, 0.05) is 23.3 Å². The van der Waals surface area contributed by atoms with Crippen LogP contribution < -0.4 is 18.9 Å². The van der Waals surface area contributed by atoms with E-state index in [4.69, 9.17) is 18.9 Å². The maximum atomic E-state index is 10.7. The minimum absolute atomic E-state index is 0.0175. The Bertz CT molecular complexity index is 1320. The number of phenolic OH excluding ortho intramolecular Hbond substituents is 1. The first-order chi connectivity index (χ1) is 15.7. The van der Waals surface area contributed by atoms with Crippen LogP contribution in [0.3, 0.4) is 0 Å². The van der Waals surface area contributed by atoms with Gasteiger partial charge in [-0.15, -0.1) is 0 Å². The van der Waals surface area contributed by atoms with Crippen LogP contribution in [0.25, 0.3) is 10.8 Å². The molecular weight excluding hydrogens is 404 g/mol. The molecule has 160 valence electrons. The molecule has 1 N–H and O–H groups in total. The van der Waals surface area contributed by atoms with Crippen molar-refractivity contribution in [2.45, 2.75) is 18.6 Å². The third-order valence-corrected chi connectivity index (χ3v) is 6.32. The highest BCUT2D eigenvalue weighted by Crippen LogP contribution is 2.53. The number of ether oxygens (including phenoxy) is 4. The van der Waals surface area contributed by atoms with Gasteiger partial charge in [-0.05, 0) is 34.5 Å². The van der Waals surface area contributed by atoms with E-state index in [1.165, 1.54) is 0 Å². The Morgan fingerprint density at radius 1 is 0.938 bits per heavy atom. The number of hydrogen-bond donors (Lipinski definition) is 1. The maximum Gasteiger partial charge on any atom is 0.165 e. The lowest BCUT2D eigenvalue weighted by Gasteiger charge is -2.28. The van der Waals surface area contributed by atoms with Gasteiger partial charge in [0.05, 0.1) is 19.6 Å². The predicted molar refractivity (Wildman–Crippen MR) is 121 cm³/mol. The van der Waals surface area contributed by atoms with Crippen molar-refractivity contribution in [1.82, 2.24) is 0 Å². The zero-order chi connectivity index (χ0) is 21.7. The fraction of sp³-hybridized carbons (Fsp3) is 0.185. The molecule has 4 aromatic carbocycles.